The Labute approximate surface area is 115 Å². The summed E-state index contributed by atoms with van der Waals surface area (Å²) in [6.07, 6.45) is -4.14. The Hall–Kier alpha value is -1.27. The number of phenols is 1. The molecule has 0 fully saturated rings. The van der Waals surface area contributed by atoms with E-state index < -0.39 is 28.9 Å². The topological polar surface area (TPSA) is 165 Å². The van der Waals surface area contributed by atoms with Crippen LogP contribution in [-0.4, -0.2) is 57.5 Å². The molecule has 3 atom stereocenters. The molecule has 0 heterocycles. The Bertz CT molecular complexity index is 476. The molecule has 10 heteroatoms. The van der Waals surface area contributed by atoms with E-state index >= 15 is 0 Å². The lowest BCUT2D eigenvalue weighted by atomic mass is 10.0. The number of aliphatic hydroxyl groups excluding tert-OH is 3. The van der Waals surface area contributed by atoms with E-state index in [0.29, 0.717) is 5.56 Å². The maximum Gasteiger partial charge on any atom is 0.394 e. The lowest BCUT2D eigenvalue weighted by Crippen LogP contribution is -2.33. The molecule has 0 bridgehead atoms. The maximum absolute atomic E-state index is 9.61. The Kier molecular flexibility index (Phi) is 7.60. The first-order valence-electron chi connectivity index (χ1n) is 5.12. The monoisotopic (exact) mass is 312 g/mol. The SMILES string of the molecule is COC(O)C(O)C(O)c1ccc(O)cc1.O=S(=O)(O)O. The van der Waals surface area contributed by atoms with Crippen LogP contribution >= 0.6 is 0 Å². The average molecular weight is 312 g/mol. The molecule has 6 N–H and O–H groups in total. The number of methoxy groups -OCH3 is 1. The van der Waals surface area contributed by atoms with Gasteiger partial charge in [-0.25, -0.2) is 0 Å². The van der Waals surface area contributed by atoms with Crippen molar-refractivity contribution in [3.63, 3.8) is 0 Å². The molecular formula is C10H16O9S. The van der Waals surface area contributed by atoms with Gasteiger partial charge in [0.25, 0.3) is 0 Å². The third kappa shape index (κ3) is 8.01. The molecule has 0 aliphatic carbocycles. The van der Waals surface area contributed by atoms with E-state index in [0.717, 1.165) is 0 Å². The number of benzene rings is 1. The minimum Gasteiger partial charge on any atom is -0.508 e. The number of ether oxygens (including phenoxy) is 1. The molecule has 20 heavy (non-hydrogen) atoms. The average Bonchev–Trinajstić information content (AvgIpc) is 2.35. The van der Waals surface area contributed by atoms with Crippen LogP contribution in [0.25, 0.3) is 0 Å². The summed E-state index contributed by atoms with van der Waals surface area (Å²) in [5, 5.41) is 37.2. The smallest absolute Gasteiger partial charge is 0.394 e. The van der Waals surface area contributed by atoms with Crippen molar-refractivity contribution < 1.29 is 42.7 Å². The minimum absolute atomic E-state index is 0.0627. The highest BCUT2D eigenvalue weighted by Crippen LogP contribution is 2.21. The fourth-order valence-corrected chi connectivity index (χ4v) is 1.16. The van der Waals surface area contributed by atoms with Gasteiger partial charge in [0.2, 0.25) is 0 Å². The second-order valence-electron chi connectivity index (χ2n) is 3.60. The van der Waals surface area contributed by atoms with Crippen LogP contribution in [0, 0.1) is 0 Å². The van der Waals surface area contributed by atoms with E-state index in [2.05, 4.69) is 4.74 Å². The van der Waals surface area contributed by atoms with Crippen LogP contribution in [0.15, 0.2) is 24.3 Å². The van der Waals surface area contributed by atoms with Gasteiger partial charge >= 0.3 is 10.4 Å². The van der Waals surface area contributed by atoms with E-state index in [4.69, 9.17) is 27.7 Å². The van der Waals surface area contributed by atoms with E-state index in [1.807, 2.05) is 0 Å². The molecule has 1 aromatic carbocycles. The van der Waals surface area contributed by atoms with E-state index in [-0.39, 0.29) is 5.75 Å². The second-order valence-corrected chi connectivity index (χ2v) is 4.50. The van der Waals surface area contributed by atoms with Crippen molar-refractivity contribution in [1.29, 1.82) is 0 Å². The zero-order chi connectivity index (χ0) is 15.9. The summed E-state index contributed by atoms with van der Waals surface area (Å²) in [6.45, 7) is 0. The van der Waals surface area contributed by atoms with Gasteiger partial charge in [-0.3, -0.25) is 9.11 Å². The first-order chi connectivity index (χ1) is 9.06. The number of aliphatic hydroxyl groups is 3. The molecule has 0 aliphatic heterocycles. The lowest BCUT2D eigenvalue weighted by molar-refractivity contribution is -0.175. The molecule has 1 aromatic rings. The normalized spacial score (nSPS) is 15.7. The van der Waals surface area contributed by atoms with Gasteiger partial charge in [-0.05, 0) is 17.7 Å². The number of hydrogen-bond acceptors (Lipinski definition) is 7. The van der Waals surface area contributed by atoms with Crippen molar-refractivity contribution >= 4 is 10.4 Å². The van der Waals surface area contributed by atoms with Crippen LogP contribution in [-0.2, 0) is 15.1 Å². The lowest BCUT2D eigenvalue weighted by Gasteiger charge is -2.21. The predicted molar refractivity (Wildman–Crippen MR) is 66.3 cm³/mol. The van der Waals surface area contributed by atoms with Gasteiger partial charge in [0.1, 0.15) is 18.0 Å². The molecule has 9 nitrogen and oxygen atoms in total. The van der Waals surface area contributed by atoms with Gasteiger partial charge in [0, 0.05) is 7.11 Å². The first kappa shape index (κ1) is 18.7. The van der Waals surface area contributed by atoms with Crippen molar-refractivity contribution in [1.82, 2.24) is 0 Å². The number of hydrogen-bond donors (Lipinski definition) is 6. The number of phenolic OH excluding ortho intramolecular Hbond substituents is 1. The molecule has 3 unspecified atom stereocenters. The van der Waals surface area contributed by atoms with Crippen LogP contribution in [0.1, 0.15) is 11.7 Å². The summed E-state index contributed by atoms with van der Waals surface area (Å²) in [7, 11) is -3.45. The molecule has 0 saturated heterocycles. The van der Waals surface area contributed by atoms with Gasteiger partial charge in [0.05, 0.1) is 0 Å². The van der Waals surface area contributed by atoms with Gasteiger partial charge in [-0.15, -0.1) is 0 Å². The molecule has 0 saturated carbocycles. The highest BCUT2D eigenvalue weighted by Gasteiger charge is 2.25. The number of aromatic hydroxyl groups is 1. The highest BCUT2D eigenvalue weighted by atomic mass is 32.3. The third-order valence-corrected chi connectivity index (χ3v) is 2.09. The van der Waals surface area contributed by atoms with Crippen molar-refractivity contribution in [3.8, 4) is 5.75 Å². The molecule has 0 aliphatic rings. The summed E-state index contributed by atoms with van der Waals surface area (Å²) in [4.78, 5) is 0. The summed E-state index contributed by atoms with van der Waals surface area (Å²) in [5.74, 6) is 0.0627. The summed E-state index contributed by atoms with van der Waals surface area (Å²) < 4.78 is 36.1. The van der Waals surface area contributed by atoms with E-state index in [1.165, 1.54) is 31.4 Å². The molecule has 0 amide bonds. The third-order valence-electron chi connectivity index (χ3n) is 2.09. The van der Waals surface area contributed by atoms with Crippen LogP contribution in [0.4, 0.5) is 0 Å². The standard InChI is InChI=1S/C10H14O5.H2O4S/c1-15-10(14)9(13)8(12)6-2-4-7(11)5-3-6;1-5(2,3)4/h2-5,8-14H,1H3;(H2,1,2,3,4). The van der Waals surface area contributed by atoms with E-state index in [9.17, 15) is 10.2 Å². The Balaban J connectivity index is 0.000000621. The van der Waals surface area contributed by atoms with Crippen LogP contribution in [0.5, 0.6) is 5.75 Å². The van der Waals surface area contributed by atoms with Crippen LogP contribution < -0.4 is 0 Å². The zero-order valence-electron chi connectivity index (χ0n) is 10.4. The van der Waals surface area contributed by atoms with Crippen molar-refractivity contribution in [2.45, 2.75) is 18.5 Å². The van der Waals surface area contributed by atoms with E-state index in [1.54, 1.807) is 0 Å². The Morgan fingerprint density at radius 2 is 1.45 bits per heavy atom. The van der Waals surface area contributed by atoms with Crippen LogP contribution in [0.2, 0.25) is 0 Å². The van der Waals surface area contributed by atoms with Gasteiger partial charge < -0.3 is 25.2 Å². The summed E-state index contributed by atoms with van der Waals surface area (Å²) in [6, 6.07) is 5.66. The second kappa shape index (κ2) is 8.11. The van der Waals surface area contributed by atoms with Gasteiger partial charge in [-0.2, -0.15) is 8.42 Å². The molecule has 1 rings (SSSR count). The van der Waals surface area contributed by atoms with Crippen LogP contribution in [0.3, 0.4) is 0 Å². The fourth-order valence-electron chi connectivity index (χ4n) is 1.16. The molecular weight excluding hydrogens is 296 g/mol. The largest absolute Gasteiger partial charge is 0.508 e. The molecule has 0 spiro atoms. The molecule has 0 aromatic heterocycles. The maximum atomic E-state index is 9.61. The van der Waals surface area contributed by atoms with Crippen molar-refractivity contribution in [2.24, 2.45) is 0 Å². The van der Waals surface area contributed by atoms with Gasteiger partial charge in [-0.1, -0.05) is 12.1 Å². The molecule has 0 radical (unpaired) electrons. The minimum atomic E-state index is -4.67. The Morgan fingerprint density at radius 1 is 1.05 bits per heavy atom. The number of rotatable bonds is 4. The summed E-state index contributed by atoms with van der Waals surface area (Å²) in [5.41, 5.74) is 0.386. The predicted octanol–water partition coefficient (Wildman–Crippen LogP) is -0.901. The molecule has 116 valence electrons. The van der Waals surface area contributed by atoms with Crippen molar-refractivity contribution in [3.05, 3.63) is 29.8 Å². The highest BCUT2D eigenvalue weighted by molar-refractivity contribution is 7.79. The van der Waals surface area contributed by atoms with Crippen molar-refractivity contribution in [2.75, 3.05) is 7.11 Å². The van der Waals surface area contributed by atoms with Gasteiger partial charge in [0.15, 0.2) is 6.29 Å². The Morgan fingerprint density at radius 3 is 1.80 bits per heavy atom. The zero-order valence-corrected chi connectivity index (χ0v) is 11.2. The summed E-state index contributed by atoms with van der Waals surface area (Å²) >= 11 is 0. The first-order valence-corrected chi connectivity index (χ1v) is 6.51. The fraction of sp³-hybridized carbons (Fsp3) is 0.400. The quantitative estimate of drug-likeness (QED) is 0.305.